The normalized spacial score (nSPS) is 12.0. The Kier molecular flexibility index (Phi) is 4.51. The van der Waals surface area contributed by atoms with Crippen molar-refractivity contribution in [2.24, 2.45) is 0 Å². The van der Waals surface area contributed by atoms with Crippen LogP contribution < -0.4 is 19.5 Å². The van der Waals surface area contributed by atoms with Gasteiger partial charge in [-0.15, -0.1) is 0 Å². The molecule has 4 rings (SSSR count). The summed E-state index contributed by atoms with van der Waals surface area (Å²) in [7, 11) is 0. The van der Waals surface area contributed by atoms with Crippen molar-refractivity contribution in [1.29, 1.82) is 0 Å². The second-order valence-electron chi connectivity index (χ2n) is 5.69. The fourth-order valence-electron chi connectivity index (χ4n) is 2.62. The third-order valence-corrected chi connectivity index (χ3v) is 3.79. The van der Waals surface area contributed by atoms with Crippen molar-refractivity contribution in [3.05, 3.63) is 54.5 Å². The van der Waals surface area contributed by atoms with E-state index in [9.17, 15) is 0 Å². The molecule has 0 fully saturated rings. The maximum absolute atomic E-state index is 5.74. The topological polar surface area (TPSA) is 78.4 Å². The number of ether oxygens (including phenoxy) is 3. The lowest BCUT2D eigenvalue weighted by atomic mass is 10.2. The van der Waals surface area contributed by atoms with Crippen LogP contribution in [0.15, 0.2) is 48.7 Å². The fraction of sp³-hybridized carbons (Fsp3) is 0.211. The number of anilines is 1. The fourth-order valence-corrected chi connectivity index (χ4v) is 2.62. The SMILES string of the molecule is Cc1nc(NCCOc2ccc3c(c2)OCO3)cc(-c2ccccn2)n1. The molecule has 26 heavy (non-hydrogen) atoms. The van der Waals surface area contributed by atoms with Gasteiger partial charge in [0.15, 0.2) is 11.5 Å². The highest BCUT2D eigenvalue weighted by Crippen LogP contribution is 2.35. The molecule has 0 unspecified atom stereocenters. The Balaban J connectivity index is 1.35. The van der Waals surface area contributed by atoms with Crippen LogP contribution in [0.1, 0.15) is 5.82 Å². The maximum atomic E-state index is 5.74. The van der Waals surface area contributed by atoms with Gasteiger partial charge in [-0.1, -0.05) is 6.07 Å². The van der Waals surface area contributed by atoms with Crippen molar-refractivity contribution in [2.45, 2.75) is 6.92 Å². The molecule has 0 saturated heterocycles. The molecule has 7 nitrogen and oxygen atoms in total. The minimum absolute atomic E-state index is 0.256. The van der Waals surface area contributed by atoms with E-state index in [1.807, 2.05) is 49.4 Å². The van der Waals surface area contributed by atoms with Gasteiger partial charge >= 0.3 is 0 Å². The van der Waals surface area contributed by atoms with E-state index < -0.39 is 0 Å². The van der Waals surface area contributed by atoms with E-state index in [2.05, 4.69) is 20.3 Å². The summed E-state index contributed by atoms with van der Waals surface area (Å²) in [6.45, 7) is 3.21. The minimum Gasteiger partial charge on any atom is -0.492 e. The van der Waals surface area contributed by atoms with Gasteiger partial charge in [0, 0.05) is 18.3 Å². The van der Waals surface area contributed by atoms with Crippen molar-refractivity contribution in [3.8, 4) is 28.6 Å². The lowest BCUT2D eigenvalue weighted by molar-refractivity contribution is 0.174. The number of benzene rings is 1. The number of aromatic nitrogens is 3. The first kappa shape index (κ1) is 16.1. The number of hydrogen-bond donors (Lipinski definition) is 1. The van der Waals surface area contributed by atoms with Gasteiger partial charge in [-0.25, -0.2) is 9.97 Å². The maximum Gasteiger partial charge on any atom is 0.231 e. The zero-order valence-electron chi connectivity index (χ0n) is 14.3. The third-order valence-electron chi connectivity index (χ3n) is 3.79. The Morgan fingerprint density at radius 1 is 1.04 bits per heavy atom. The smallest absolute Gasteiger partial charge is 0.231 e. The van der Waals surface area contributed by atoms with Gasteiger partial charge < -0.3 is 19.5 Å². The largest absolute Gasteiger partial charge is 0.492 e. The van der Waals surface area contributed by atoms with Crippen molar-refractivity contribution in [3.63, 3.8) is 0 Å². The molecule has 0 bridgehead atoms. The average Bonchev–Trinajstić information content (AvgIpc) is 3.13. The molecule has 2 aromatic heterocycles. The number of fused-ring (bicyclic) bond motifs is 1. The van der Waals surface area contributed by atoms with E-state index in [1.54, 1.807) is 6.20 Å². The van der Waals surface area contributed by atoms with Crippen molar-refractivity contribution < 1.29 is 14.2 Å². The van der Waals surface area contributed by atoms with E-state index in [0.717, 1.165) is 28.7 Å². The number of hydrogen-bond acceptors (Lipinski definition) is 7. The van der Waals surface area contributed by atoms with Crippen LogP contribution in [0.25, 0.3) is 11.4 Å². The number of rotatable bonds is 6. The molecule has 132 valence electrons. The Morgan fingerprint density at radius 2 is 1.96 bits per heavy atom. The summed E-state index contributed by atoms with van der Waals surface area (Å²) in [5, 5.41) is 3.26. The first-order chi connectivity index (χ1) is 12.8. The zero-order valence-corrected chi connectivity index (χ0v) is 14.3. The summed E-state index contributed by atoms with van der Waals surface area (Å²) in [5.74, 6) is 3.62. The Labute approximate surface area is 151 Å². The second kappa shape index (κ2) is 7.26. The highest BCUT2D eigenvalue weighted by atomic mass is 16.7. The highest BCUT2D eigenvalue weighted by Gasteiger charge is 2.13. The predicted octanol–water partition coefficient (Wildman–Crippen LogP) is 3.07. The summed E-state index contributed by atoms with van der Waals surface area (Å²) < 4.78 is 16.4. The van der Waals surface area contributed by atoms with Gasteiger partial charge in [0.2, 0.25) is 6.79 Å². The van der Waals surface area contributed by atoms with Crippen LogP contribution in [0.5, 0.6) is 17.2 Å². The molecule has 0 aliphatic carbocycles. The predicted molar refractivity (Wildman–Crippen MR) is 96.5 cm³/mol. The molecule has 0 atom stereocenters. The highest BCUT2D eigenvalue weighted by molar-refractivity contribution is 5.58. The molecule has 1 aromatic carbocycles. The number of nitrogens with one attached hydrogen (secondary N) is 1. The molecule has 7 heteroatoms. The zero-order chi connectivity index (χ0) is 17.8. The van der Waals surface area contributed by atoms with Crippen molar-refractivity contribution >= 4 is 5.82 Å². The van der Waals surface area contributed by atoms with Crippen molar-refractivity contribution in [2.75, 3.05) is 25.3 Å². The van der Waals surface area contributed by atoms with Crippen molar-refractivity contribution in [1.82, 2.24) is 15.0 Å². The number of aryl methyl sites for hydroxylation is 1. The van der Waals surface area contributed by atoms with E-state index in [-0.39, 0.29) is 6.79 Å². The quantitative estimate of drug-likeness (QED) is 0.685. The lowest BCUT2D eigenvalue weighted by Gasteiger charge is -2.10. The van der Waals surface area contributed by atoms with E-state index in [1.165, 1.54) is 0 Å². The molecule has 1 N–H and O–H groups in total. The standard InChI is InChI=1S/C19H18N4O3/c1-13-22-16(15-4-2-3-7-20-15)11-19(23-13)21-8-9-24-14-5-6-17-18(10-14)26-12-25-17/h2-7,10-11H,8-9,12H2,1H3,(H,21,22,23). The van der Waals surface area contributed by atoms with Crippen LogP contribution in [0.3, 0.4) is 0 Å². The second-order valence-corrected chi connectivity index (χ2v) is 5.69. The first-order valence-corrected chi connectivity index (χ1v) is 8.31. The van der Waals surface area contributed by atoms with Gasteiger partial charge in [-0.05, 0) is 31.2 Å². The molecule has 0 amide bonds. The molecule has 3 heterocycles. The minimum atomic E-state index is 0.256. The third kappa shape index (κ3) is 3.66. The van der Waals surface area contributed by atoms with Crippen LogP contribution in [-0.4, -0.2) is 34.9 Å². The Bertz CT molecular complexity index is 903. The van der Waals surface area contributed by atoms with Crippen LogP contribution in [0.4, 0.5) is 5.82 Å². The number of nitrogens with zero attached hydrogens (tertiary/aromatic N) is 3. The van der Waals surface area contributed by atoms with Gasteiger partial charge in [0.25, 0.3) is 0 Å². The number of pyridine rings is 1. The van der Waals surface area contributed by atoms with E-state index in [4.69, 9.17) is 14.2 Å². The molecule has 0 spiro atoms. The molecular weight excluding hydrogens is 332 g/mol. The van der Waals surface area contributed by atoms with Gasteiger partial charge in [0.1, 0.15) is 24.0 Å². The van der Waals surface area contributed by atoms with Crippen LogP contribution in [0.2, 0.25) is 0 Å². The molecule has 3 aromatic rings. The van der Waals surface area contributed by atoms with E-state index in [0.29, 0.717) is 24.7 Å². The molecule has 1 aliphatic rings. The Hall–Kier alpha value is -3.35. The van der Waals surface area contributed by atoms with Gasteiger partial charge in [-0.2, -0.15) is 0 Å². The average molecular weight is 350 g/mol. The monoisotopic (exact) mass is 350 g/mol. The van der Waals surface area contributed by atoms with Gasteiger partial charge in [0.05, 0.1) is 17.9 Å². The molecule has 1 aliphatic heterocycles. The molecule has 0 saturated carbocycles. The van der Waals surface area contributed by atoms with Crippen LogP contribution in [0, 0.1) is 6.92 Å². The summed E-state index contributed by atoms with van der Waals surface area (Å²) in [6, 6.07) is 13.2. The summed E-state index contributed by atoms with van der Waals surface area (Å²) in [5.41, 5.74) is 1.61. The van der Waals surface area contributed by atoms with Crippen LogP contribution in [-0.2, 0) is 0 Å². The van der Waals surface area contributed by atoms with Crippen LogP contribution >= 0.6 is 0 Å². The molecular formula is C19H18N4O3. The van der Waals surface area contributed by atoms with E-state index >= 15 is 0 Å². The lowest BCUT2D eigenvalue weighted by Crippen LogP contribution is -2.13. The summed E-state index contributed by atoms with van der Waals surface area (Å²) in [4.78, 5) is 13.2. The van der Waals surface area contributed by atoms with Gasteiger partial charge in [-0.3, -0.25) is 4.98 Å². The molecule has 0 radical (unpaired) electrons. The summed E-state index contributed by atoms with van der Waals surface area (Å²) >= 11 is 0. The first-order valence-electron chi connectivity index (χ1n) is 8.31. The summed E-state index contributed by atoms with van der Waals surface area (Å²) in [6.07, 6.45) is 1.75. The Morgan fingerprint density at radius 3 is 2.85 bits per heavy atom.